The highest BCUT2D eigenvalue weighted by Crippen LogP contribution is 2.34. The van der Waals surface area contributed by atoms with E-state index in [9.17, 15) is 13.2 Å². The highest BCUT2D eigenvalue weighted by molar-refractivity contribution is 5.29. The molecule has 0 spiro atoms. The van der Waals surface area contributed by atoms with Crippen molar-refractivity contribution in [2.24, 2.45) is 0 Å². The lowest BCUT2D eigenvalue weighted by molar-refractivity contribution is -0.142. The van der Waals surface area contributed by atoms with Gasteiger partial charge in [0.1, 0.15) is 5.69 Å². The summed E-state index contributed by atoms with van der Waals surface area (Å²) in [7, 11) is 1.62. The summed E-state index contributed by atoms with van der Waals surface area (Å²) in [5.74, 6) is 0. The van der Waals surface area contributed by atoms with Crippen LogP contribution >= 0.6 is 0 Å². The minimum atomic E-state index is -4.41. The van der Waals surface area contributed by atoms with Crippen molar-refractivity contribution in [3.8, 4) is 0 Å². The highest BCUT2D eigenvalue weighted by Gasteiger charge is 2.38. The smallest absolute Gasteiger partial charge is 0.311 e. The topological polar surface area (TPSA) is 24.9 Å². The Labute approximate surface area is 86.5 Å². The maximum Gasteiger partial charge on any atom is 0.433 e. The van der Waals surface area contributed by atoms with Crippen LogP contribution in [0, 0.1) is 0 Å². The quantitative estimate of drug-likeness (QED) is 0.825. The number of rotatable bonds is 2. The first-order chi connectivity index (χ1) is 6.79. The van der Waals surface area contributed by atoms with E-state index < -0.39 is 17.4 Å². The Balaban J connectivity index is 3.31. The van der Waals surface area contributed by atoms with E-state index in [0.717, 1.165) is 6.20 Å². The zero-order valence-corrected chi connectivity index (χ0v) is 8.81. The summed E-state index contributed by atoms with van der Waals surface area (Å²) < 4.78 is 37.9. The Morgan fingerprint density at radius 2 is 1.87 bits per heavy atom. The average Bonchev–Trinajstić information content (AvgIpc) is 2.16. The van der Waals surface area contributed by atoms with Gasteiger partial charge in [0.15, 0.2) is 0 Å². The van der Waals surface area contributed by atoms with Crippen molar-refractivity contribution >= 4 is 0 Å². The van der Waals surface area contributed by atoms with Gasteiger partial charge in [-0.2, -0.15) is 13.2 Å². The van der Waals surface area contributed by atoms with E-state index in [4.69, 9.17) is 0 Å². The van der Waals surface area contributed by atoms with Gasteiger partial charge in [-0.25, -0.2) is 0 Å². The molecule has 0 aliphatic rings. The van der Waals surface area contributed by atoms with Gasteiger partial charge in [-0.15, -0.1) is 0 Å². The molecule has 1 rings (SSSR count). The third kappa shape index (κ3) is 2.47. The van der Waals surface area contributed by atoms with Crippen LogP contribution in [0.4, 0.5) is 13.2 Å². The van der Waals surface area contributed by atoms with Crippen LogP contribution < -0.4 is 5.32 Å². The zero-order valence-electron chi connectivity index (χ0n) is 8.81. The Hall–Kier alpha value is -1.10. The first-order valence-corrected chi connectivity index (χ1v) is 4.50. The van der Waals surface area contributed by atoms with E-state index in [2.05, 4.69) is 10.3 Å². The highest BCUT2D eigenvalue weighted by atomic mass is 19.4. The minimum absolute atomic E-state index is 0.153. The summed E-state index contributed by atoms with van der Waals surface area (Å²) in [6.45, 7) is 3.36. The molecule has 0 atom stereocenters. The van der Waals surface area contributed by atoms with Crippen LogP contribution in [0.15, 0.2) is 18.3 Å². The Morgan fingerprint density at radius 3 is 2.33 bits per heavy atom. The summed E-state index contributed by atoms with van der Waals surface area (Å²) in [4.78, 5) is 3.40. The molecule has 0 bridgehead atoms. The molecule has 84 valence electrons. The van der Waals surface area contributed by atoms with Crippen LogP contribution in [0.5, 0.6) is 0 Å². The fraction of sp³-hybridized carbons (Fsp3) is 0.500. The van der Waals surface area contributed by atoms with Gasteiger partial charge in [0.25, 0.3) is 0 Å². The first-order valence-electron chi connectivity index (χ1n) is 4.50. The molecule has 0 aliphatic heterocycles. The molecular formula is C10H13F3N2. The summed E-state index contributed by atoms with van der Waals surface area (Å²) in [6, 6.07) is 2.94. The van der Waals surface area contributed by atoms with Crippen molar-refractivity contribution in [2.45, 2.75) is 25.6 Å². The number of hydrogen-bond acceptors (Lipinski definition) is 2. The third-order valence-electron chi connectivity index (χ3n) is 2.37. The molecule has 1 heterocycles. The fourth-order valence-corrected chi connectivity index (χ4v) is 1.27. The van der Waals surface area contributed by atoms with E-state index >= 15 is 0 Å². The SMILES string of the molecule is CNC(C)(C)c1cccnc1C(F)(F)F. The van der Waals surface area contributed by atoms with Crippen molar-refractivity contribution in [1.82, 2.24) is 10.3 Å². The number of alkyl halides is 3. The summed E-state index contributed by atoms with van der Waals surface area (Å²) in [6.07, 6.45) is -3.26. The van der Waals surface area contributed by atoms with Crippen LogP contribution in [-0.2, 0) is 11.7 Å². The molecule has 1 aromatic rings. The molecule has 0 radical (unpaired) electrons. The number of pyridine rings is 1. The molecule has 15 heavy (non-hydrogen) atoms. The Bertz CT molecular complexity index is 345. The normalized spacial score (nSPS) is 12.9. The van der Waals surface area contributed by atoms with Crippen molar-refractivity contribution in [2.75, 3.05) is 7.05 Å². The van der Waals surface area contributed by atoms with E-state index in [1.165, 1.54) is 12.1 Å². The predicted octanol–water partition coefficient (Wildman–Crippen LogP) is 2.55. The molecule has 0 aromatic carbocycles. The summed E-state index contributed by atoms with van der Waals surface area (Å²) in [5.41, 5.74) is -1.43. The van der Waals surface area contributed by atoms with Crippen LogP contribution in [0.3, 0.4) is 0 Å². The zero-order chi connectivity index (χ0) is 11.7. The van der Waals surface area contributed by atoms with Gasteiger partial charge in [-0.05, 0) is 27.0 Å². The monoisotopic (exact) mass is 218 g/mol. The van der Waals surface area contributed by atoms with Crippen LogP contribution in [-0.4, -0.2) is 12.0 Å². The van der Waals surface area contributed by atoms with E-state index in [-0.39, 0.29) is 5.56 Å². The van der Waals surface area contributed by atoms with Crippen LogP contribution in [0.1, 0.15) is 25.1 Å². The first kappa shape index (κ1) is 12.0. The molecule has 0 saturated carbocycles. The molecule has 0 saturated heterocycles. The van der Waals surface area contributed by atoms with Gasteiger partial charge in [-0.3, -0.25) is 4.98 Å². The summed E-state index contributed by atoms with van der Waals surface area (Å²) in [5, 5.41) is 2.83. The Kier molecular flexibility index (Phi) is 3.04. The van der Waals surface area contributed by atoms with Crippen molar-refractivity contribution in [1.29, 1.82) is 0 Å². The lowest BCUT2D eigenvalue weighted by Gasteiger charge is -2.27. The second-order valence-electron chi connectivity index (χ2n) is 3.77. The van der Waals surface area contributed by atoms with E-state index in [0.29, 0.717) is 0 Å². The maximum absolute atomic E-state index is 12.6. The van der Waals surface area contributed by atoms with Crippen molar-refractivity contribution in [3.63, 3.8) is 0 Å². The largest absolute Gasteiger partial charge is 0.433 e. The Morgan fingerprint density at radius 1 is 1.27 bits per heavy atom. The molecule has 0 amide bonds. The van der Waals surface area contributed by atoms with Crippen molar-refractivity contribution in [3.05, 3.63) is 29.6 Å². The lowest BCUT2D eigenvalue weighted by Crippen LogP contribution is -2.35. The van der Waals surface area contributed by atoms with Gasteiger partial charge in [0.05, 0.1) is 0 Å². The second-order valence-corrected chi connectivity index (χ2v) is 3.77. The molecule has 2 nitrogen and oxygen atoms in total. The number of hydrogen-bond donors (Lipinski definition) is 1. The number of aromatic nitrogens is 1. The molecule has 0 fully saturated rings. The van der Waals surface area contributed by atoms with Gasteiger partial charge in [0, 0.05) is 17.3 Å². The minimum Gasteiger partial charge on any atom is -0.311 e. The predicted molar refractivity (Wildman–Crippen MR) is 51.3 cm³/mol. The fourth-order valence-electron chi connectivity index (χ4n) is 1.27. The standard InChI is InChI=1S/C10H13F3N2/c1-9(2,14-3)7-5-4-6-15-8(7)10(11,12)13/h4-6,14H,1-3H3. The molecule has 0 aliphatic carbocycles. The molecule has 0 unspecified atom stereocenters. The maximum atomic E-state index is 12.6. The number of nitrogens with zero attached hydrogens (tertiary/aromatic N) is 1. The van der Waals surface area contributed by atoms with Crippen LogP contribution in [0.25, 0.3) is 0 Å². The van der Waals surface area contributed by atoms with Gasteiger partial charge in [-0.1, -0.05) is 6.07 Å². The summed E-state index contributed by atoms with van der Waals surface area (Å²) >= 11 is 0. The van der Waals surface area contributed by atoms with E-state index in [1.54, 1.807) is 20.9 Å². The van der Waals surface area contributed by atoms with Gasteiger partial charge < -0.3 is 5.32 Å². The van der Waals surface area contributed by atoms with Gasteiger partial charge >= 0.3 is 6.18 Å². The van der Waals surface area contributed by atoms with E-state index in [1.807, 2.05) is 0 Å². The molecular weight excluding hydrogens is 205 g/mol. The molecule has 1 aromatic heterocycles. The van der Waals surface area contributed by atoms with Crippen LogP contribution in [0.2, 0.25) is 0 Å². The average molecular weight is 218 g/mol. The third-order valence-corrected chi connectivity index (χ3v) is 2.37. The van der Waals surface area contributed by atoms with Gasteiger partial charge in [0.2, 0.25) is 0 Å². The van der Waals surface area contributed by atoms with Crippen molar-refractivity contribution < 1.29 is 13.2 Å². The lowest BCUT2D eigenvalue weighted by atomic mass is 9.93. The molecule has 1 N–H and O–H groups in total. The number of halogens is 3. The number of nitrogens with one attached hydrogen (secondary N) is 1. The second kappa shape index (κ2) is 3.81. The molecule has 5 heteroatoms.